The van der Waals surface area contributed by atoms with Gasteiger partial charge in [-0.3, -0.25) is 9.59 Å². The molecule has 4 rings (SSSR count). The van der Waals surface area contributed by atoms with Crippen LogP contribution in [0.4, 0.5) is 13.2 Å². The summed E-state index contributed by atoms with van der Waals surface area (Å²) in [5.41, 5.74) is 1.80. The second-order valence-electron chi connectivity index (χ2n) is 9.26. The number of halogens is 3. The number of alkyl halides is 3. The first kappa shape index (κ1) is 26.7. The molecule has 1 aliphatic rings. The minimum atomic E-state index is -4.46. The monoisotopic (exact) mass is 531 g/mol. The number of thiazole rings is 1. The van der Waals surface area contributed by atoms with Crippen LogP contribution in [0.3, 0.4) is 0 Å². The quantitative estimate of drug-likeness (QED) is 0.402. The number of rotatable bonds is 7. The number of hydrogen-bond acceptors (Lipinski definition) is 5. The third kappa shape index (κ3) is 7.09. The molecule has 2 amide bonds. The molecule has 196 valence electrons. The molecule has 10 heteroatoms. The lowest BCUT2D eigenvalue weighted by molar-refractivity contribution is -0.137. The molecule has 37 heavy (non-hydrogen) atoms. The van der Waals surface area contributed by atoms with E-state index in [9.17, 15) is 22.8 Å². The standard InChI is InChI=1S/C27H28F3N3O3S/c1-16-11-17(2)13-20(12-16)36-14-24-31-23(15-37-24)26(35)33-22-6-4-3-5-21(22)32-25(34)18-7-9-19(10-8-18)27(28,29)30/h7-13,15,21-22H,3-6,14H2,1-2H3,(H,32,34)(H,33,35)/t21-,22-/m1/s1. The Balaban J connectivity index is 1.34. The van der Waals surface area contributed by atoms with Crippen molar-refractivity contribution < 1.29 is 27.5 Å². The van der Waals surface area contributed by atoms with Crippen molar-refractivity contribution in [2.45, 2.75) is 64.4 Å². The lowest BCUT2D eigenvalue weighted by Gasteiger charge is -2.32. The van der Waals surface area contributed by atoms with Crippen molar-refractivity contribution in [3.8, 4) is 5.75 Å². The summed E-state index contributed by atoms with van der Waals surface area (Å²) in [6.45, 7) is 4.24. The first-order valence-corrected chi connectivity index (χ1v) is 12.9. The Morgan fingerprint density at radius 2 is 1.57 bits per heavy atom. The topological polar surface area (TPSA) is 80.3 Å². The van der Waals surface area contributed by atoms with Gasteiger partial charge in [-0.25, -0.2) is 4.98 Å². The summed E-state index contributed by atoms with van der Waals surface area (Å²) in [4.78, 5) is 30.0. The Labute approximate surface area is 217 Å². The maximum Gasteiger partial charge on any atom is 0.416 e. The molecule has 0 bridgehead atoms. The SMILES string of the molecule is Cc1cc(C)cc(OCc2nc(C(=O)N[C@@H]3CCCC[C@H]3NC(=O)c3ccc(C(F)(F)F)cc3)cs2)c1. The van der Waals surface area contributed by atoms with Crippen LogP contribution in [-0.2, 0) is 12.8 Å². The molecule has 0 radical (unpaired) electrons. The number of benzene rings is 2. The second-order valence-corrected chi connectivity index (χ2v) is 10.2. The Kier molecular flexibility index (Phi) is 8.16. The maximum atomic E-state index is 12.9. The van der Waals surface area contributed by atoms with Crippen LogP contribution in [0.5, 0.6) is 5.75 Å². The van der Waals surface area contributed by atoms with Crippen molar-refractivity contribution in [1.82, 2.24) is 15.6 Å². The van der Waals surface area contributed by atoms with Gasteiger partial charge in [-0.2, -0.15) is 13.2 Å². The molecule has 0 spiro atoms. The van der Waals surface area contributed by atoms with E-state index >= 15 is 0 Å². The zero-order chi connectivity index (χ0) is 26.6. The Morgan fingerprint density at radius 1 is 0.973 bits per heavy atom. The van der Waals surface area contributed by atoms with Crippen LogP contribution < -0.4 is 15.4 Å². The van der Waals surface area contributed by atoms with Gasteiger partial charge in [0.2, 0.25) is 0 Å². The smallest absolute Gasteiger partial charge is 0.416 e. The van der Waals surface area contributed by atoms with Gasteiger partial charge in [-0.15, -0.1) is 11.3 Å². The Bertz CT molecular complexity index is 1240. The molecule has 0 unspecified atom stereocenters. The normalized spacial score (nSPS) is 17.8. The fraction of sp³-hybridized carbons (Fsp3) is 0.370. The molecule has 0 saturated heterocycles. The summed E-state index contributed by atoms with van der Waals surface area (Å²) in [6, 6.07) is 9.39. The molecular weight excluding hydrogens is 503 g/mol. The Hall–Kier alpha value is -3.40. The molecule has 0 aliphatic heterocycles. The molecule has 1 aliphatic carbocycles. The van der Waals surface area contributed by atoms with E-state index in [4.69, 9.17) is 4.74 Å². The van der Waals surface area contributed by atoms with Crippen LogP contribution in [0.15, 0.2) is 47.8 Å². The largest absolute Gasteiger partial charge is 0.486 e. The van der Waals surface area contributed by atoms with Crippen molar-refractivity contribution in [2.75, 3.05) is 0 Å². The number of carbonyl (C=O) groups excluding carboxylic acids is 2. The van der Waals surface area contributed by atoms with E-state index in [0.717, 1.165) is 54.0 Å². The van der Waals surface area contributed by atoms with E-state index in [0.29, 0.717) is 17.8 Å². The molecule has 1 saturated carbocycles. The number of nitrogens with one attached hydrogen (secondary N) is 2. The molecule has 1 heterocycles. The fourth-order valence-corrected chi connectivity index (χ4v) is 5.11. The summed E-state index contributed by atoms with van der Waals surface area (Å²) >= 11 is 1.33. The van der Waals surface area contributed by atoms with E-state index in [1.165, 1.54) is 11.3 Å². The molecular formula is C27H28F3N3O3S. The van der Waals surface area contributed by atoms with Gasteiger partial charge in [0, 0.05) is 23.0 Å². The lowest BCUT2D eigenvalue weighted by atomic mass is 9.90. The van der Waals surface area contributed by atoms with Crippen molar-refractivity contribution in [2.24, 2.45) is 0 Å². The van der Waals surface area contributed by atoms with Gasteiger partial charge in [0.1, 0.15) is 23.1 Å². The number of hydrogen-bond donors (Lipinski definition) is 2. The van der Waals surface area contributed by atoms with E-state index in [1.54, 1.807) is 5.38 Å². The molecule has 1 fully saturated rings. The average molecular weight is 532 g/mol. The van der Waals surface area contributed by atoms with E-state index in [-0.39, 0.29) is 35.9 Å². The fourth-order valence-electron chi connectivity index (χ4n) is 4.42. The number of aromatic nitrogens is 1. The third-order valence-electron chi connectivity index (χ3n) is 6.22. The summed E-state index contributed by atoms with van der Waals surface area (Å²) in [6.07, 6.45) is -1.36. The van der Waals surface area contributed by atoms with Crippen molar-refractivity contribution >= 4 is 23.2 Å². The van der Waals surface area contributed by atoms with Gasteiger partial charge < -0.3 is 15.4 Å². The average Bonchev–Trinajstić information content (AvgIpc) is 3.32. The summed E-state index contributed by atoms with van der Waals surface area (Å²) in [7, 11) is 0. The number of nitrogens with zero attached hydrogens (tertiary/aromatic N) is 1. The highest BCUT2D eigenvalue weighted by molar-refractivity contribution is 7.09. The molecule has 2 aromatic carbocycles. The predicted octanol–water partition coefficient (Wildman–Crippen LogP) is 5.83. The van der Waals surface area contributed by atoms with Crippen molar-refractivity contribution in [3.63, 3.8) is 0 Å². The van der Waals surface area contributed by atoms with Crippen LogP contribution in [0.2, 0.25) is 0 Å². The Morgan fingerprint density at radius 3 is 2.16 bits per heavy atom. The van der Waals surface area contributed by atoms with E-state index < -0.39 is 17.6 Å². The predicted molar refractivity (Wildman–Crippen MR) is 135 cm³/mol. The number of carbonyl (C=O) groups is 2. The summed E-state index contributed by atoms with van der Waals surface area (Å²) in [5.74, 6) is -0.0681. The molecule has 3 aromatic rings. The minimum absolute atomic E-state index is 0.136. The minimum Gasteiger partial charge on any atom is -0.486 e. The van der Waals surface area contributed by atoms with E-state index in [2.05, 4.69) is 21.7 Å². The highest BCUT2D eigenvalue weighted by atomic mass is 32.1. The second kappa shape index (κ2) is 11.3. The highest BCUT2D eigenvalue weighted by Gasteiger charge is 2.31. The van der Waals surface area contributed by atoms with E-state index in [1.807, 2.05) is 26.0 Å². The summed E-state index contributed by atoms with van der Waals surface area (Å²) < 4.78 is 44.2. The van der Waals surface area contributed by atoms with Crippen molar-refractivity contribution in [3.05, 3.63) is 80.8 Å². The summed E-state index contributed by atoms with van der Waals surface area (Å²) in [5, 5.41) is 8.20. The first-order chi connectivity index (χ1) is 17.6. The number of aryl methyl sites for hydroxylation is 2. The molecule has 6 nitrogen and oxygen atoms in total. The number of amides is 2. The van der Waals surface area contributed by atoms with Gasteiger partial charge in [0.05, 0.1) is 5.56 Å². The van der Waals surface area contributed by atoms with Crippen LogP contribution in [0.1, 0.15) is 68.2 Å². The van der Waals surface area contributed by atoms with Gasteiger partial charge in [-0.1, -0.05) is 18.9 Å². The van der Waals surface area contributed by atoms with Crippen LogP contribution in [-0.4, -0.2) is 28.9 Å². The first-order valence-electron chi connectivity index (χ1n) is 12.0. The zero-order valence-electron chi connectivity index (χ0n) is 20.5. The van der Waals surface area contributed by atoms with Gasteiger partial charge in [0.25, 0.3) is 11.8 Å². The lowest BCUT2D eigenvalue weighted by Crippen LogP contribution is -2.53. The van der Waals surface area contributed by atoms with Crippen LogP contribution in [0.25, 0.3) is 0 Å². The van der Waals surface area contributed by atoms with Crippen molar-refractivity contribution in [1.29, 1.82) is 0 Å². The van der Waals surface area contributed by atoms with Gasteiger partial charge in [-0.05, 0) is 74.2 Å². The third-order valence-corrected chi connectivity index (χ3v) is 7.04. The molecule has 2 atom stereocenters. The highest BCUT2D eigenvalue weighted by Crippen LogP contribution is 2.29. The maximum absolute atomic E-state index is 12.9. The van der Waals surface area contributed by atoms with Gasteiger partial charge in [0.15, 0.2) is 0 Å². The van der Waals surface area contributed by atoms with Gasteiger partial charge >= 0.3 is 6.18 Å². The zero-order valence-corrected chi connectivity index (χ0v) is 21.3. The van der Waals surface area contributed by atoms with Crippen LogP contribution in [0, 0.1) is 13.8 Å². The molecule has 1 aromatic heterocycles. The number of ether oxygens (including phenoxy) is 1. The van der Waals surface area contributed by atoms with Crippen LogP contribution >= 0.6 is 11.3 Å². The molecule has 2 N–H and O–H groups in total.